The third kappa shape index (κ3) is 4.43. The topological polar surface area (TPSA) is 74.0 Å². The summed E-state index contributed by atoms with van der Waals surface area (Å²) in [7, 11) is 0. The molecule has 0 radical (unpaired) electrons. The van der Waals surface area contributed by atoms with Crippen molar-refractivity contribution in [1.29, 1.82) is 0 Å². The van der Waals surface area contributed by atoms with Gasteiger partial charge in [-0.3, -0.25) is 9.59 Å². The van der Waals surface area contributed by atoms with E-state index in [9.17, 15) is 18.4 Å². The molecule has 1 aromatic carbocycles. The Morgan fingerprint density at radius 3 is 2.64 bits per heavy atom. The summed E-state index contributed by atoms with van der Waals surface area (Å²) in [4.78, 5) is 25.8. The van der Waals surface area contributed by atoms with Crippen molar-refractivity contribution in [2.24, 2.45) is 0 Å². The van der Waals surface area contributed by atoms with Crippen LogP contribution in [0.2, 0.25) is 0 Å². The Bertz CT molecular complexity index is 792. The van der Waals surface area contributed by atoms with Crippen LogP contribution in [-0.2, 0) is 0 Å². The summed E-state index contributed by atoms with van der Waals surface area (Å²) in [6.45, 7) is 1.26. The Morgan fingerprint density at radius 2 is 1.96 bits per heavy atom. The Labute approximate surface area is 149 Å². The van der Waals surface area contributed by atoms with Crippen LogP contribution >= 0.6 is 12.4 Å². The molecule has 2 heterocycles. The van der Waals surface area contributed by atoms with E-state index >= 15 is 0 Å². The third-order valence-corrected chi connectivity index (χ3v) is 4.22. The number of halogens is 3. The lowest BCUT2D eigenvalue weighted by Gasteiger charge is -2.33. The molecule has 3 rings (SSSR count). The van der Waals surface area contributed by atoms with Gasteiger partial charge in [-0.15, -0.1) is 12.4 Å². The predicted octanol–water partition coefficient (Wildman–Crippen LogP) is 1.95. The van der Waals surface area contributed by atoms with E-state index in [2.05, 4.69) is 15.6 Å². The molecule has 8 heteroatoms. The summed E-state index contributed by atoms with van der Waals surface area (Å²) in [5, 5.41) is 6.08. The number of carbonyl (C=O) groups excluding carboxylic acids is 1. The average Bonchev–Trinajstić information content (AvgIpc) is 2.58. The monoisotopic (exact) mass is 369 g/mol. The second-order valence-corrected chi connectivity index (χ2v) is 5.79. The summed E-state index contributed by atoms with van der Waals surface area (Å²) in [6, 6.07) is 6.30. The van der Waals surface area contributed by atoms with E-state index in [1.54, 1.807) is 6.07 Å². The number of piperidine rings is 1. The van der Waals surface area contributed by atoms with Gasteiger partial charge >= 0.3 is 0 Å². The number of aromatic amines is 1. The van der Waals surface area contributed by atoms with Crippen LogP contribution in [0.15, 0.2) is 41.3 Å². The molecule has 134 valence electrons. The van der Waals surface area contributed by atoms with Gasteiger partial charge in [-0.2, -0.15) is 0 Å². The number of H-pyrrole nitrogens is 1. The van der Waals surface area contributed by atoms with Gasteiger partial charge in [0.25, 0.3) is 5.91 Å². The average molecular weight is 370 g/mol. The summed E-state index contributed by atoms with van der Waals surface area (Å²) in [5.74, 6) is -2.22. The molecule has 0 spiro atoms. The minimum atomic E-state index is -0.892. The van der Waals surface area contributed by atoms with E-state index in [0.29, 0.717) is 24.1 Å². The summed E-state index contributed by atoms with van der Waals surface area (Å²) in [5.41, 5.74) is 0.705. The van der Waals surface area contributed by atoms with Crippen LogP contribution in [0.3, 0.4) is 0 Å². The van der Waals surface area contributed by atoms with E-state index < -0.39 is 11.6 Å². The van der Waals surface area contributed by atoms with Gasteiger partial charge in [0.1, 0.15) is 0 Å². The largest absolute Gasteiger partial charge is 0.347 e. The number of hydrogen-bond donors (Lipinski definition) is 3. The molecule has 3 N–H and O–H groups in total. The minimum absolute atomic E-state index is 0. The van der Waals surface area contributed by atoms with Crippen LogP contribution in [0.25, 0.3) is 0 Å². The highest BCUT2D eigenvalue weighted by atomic mass is 35.5. The molecule has 1 aliphatic heterocycles. The highest BCUT2D eigenvalue weighted by Crippen LogP contribution is 2.27. The Morgan fingerprint density at radius 1 is 1.16 bits per heavy atom. The van der Waals surface area contributed by atoms with Crippen LogP contribution in [0.5, 0.6) is 0 Å². The minimum Gasteiger partial charge on any atom is -0.347 e. The summed E-state index contributed by atoms with van der Waals surface area (Å²) in [6.07, 6.45) is 2.04. The van der Waals surface area contributed by atoms with Crippen molar-refractivity contribution in [2.75, 3.05) is 13.1 Å². The predicted molar refractivity (Wildman–Crippen MR) is 92.2 cm³/mol. The first-order valence-electron chi connectivity index (χ1n) is 7.70. The fourth-order valence-corrected chi connectivity index (χ4v) is 2.96. The van der Waals surface area contributed by atoms with E-state index in [1.165, 1.54) is 24.4 Å². The van der Waals surface area contributed by atoms with E-state index in [1.807, 2.05) is 0 Å². The zero-order chi connectivity index (χ0) is 17.1. The highest BCUT2D eigenvalue weighted by Gasteiger charge is 2.28. The molecular weight excluding hydrogens is 352 g/mol. The number of hydrogen-bond acceptors (Lipinski definition) is 3. The number of aromatic nitrogens is 1. The number of pyridine rings is 1. The smallest absolute Gasteiger partial charge is 0.253 e. The van der Waals surface area contributed by atoms with E-state index in [4.69, 9.17) is 0 Å². The van der Waals surface area contributed by atoms with Crippen LogP contribution < -0.4 is 16.2 Å². The maximum absolute atomic E-state index is 13.5. The Balaban J connectivity index is 0.00000225. The fourth-order valence-electron chi connectivity index (χ4n) is 2.96. The molecule has 2 unspecified atom stereocenters. The second-order valence-electron chi connectivity index (χ2n) is 5.79. The first kappa shape index (κ1) is 19.1. The van der Waals surface area contributed by atoms with Crippen molar-refractivity contribution >= 4 is 18.3 Å². The fraction of sp³-hybridized carbons (Fsp3) is 0.294. The van der Waals surface area contributed by atoms with Gasteiger partial charge in [-0.25, -0.2) is 8.78 Å². The van der Waals surface area contributed by atoms with Crippen LogP contribution in [-0.4, -0.2) is 30.0 Å². The zero-order valence-corrected chi connectivity index (χ0v) is 14.0. The number of nitrogens with one attached hydrogen (secondary N) is 3. The Kier molecular flexibility index (Phi) is 6.27. The summed E-state index contributed by atoms with van der Waals surface area (Å²) < 4.78 is 26.7. The van der Waals surface area contributed by atoms with Gasteiger partial charge in [0.15, 0.2) is 11.6 Å². The first-order chi connectivity index (χ1) is 11.5. The van der Waals surface area contributed by atoms with Gasteiger partial charge in [0.05, 0.1) is 5.56 Å². The molecule has 1 amide bonds. The second kappa shape index (κ2) is 8.22. The molecule has 0 bridgehead atoms. The maximum Gasteiger partial charge on any atom is 0.253 e. The molecular formula is C17H18ClF2N3O2. The molecule has 0 saturated carbocycles. The SMILES string of the molecule is Cl.O=C(NC1CNCCC1c1ccc(F)c(F)c1)c1ccc(=O)[nH]c1. The molecule has 1 fully saturated rings. The molecule has 1 aromatic heterocycles. The molecule has 1 saturated heterocycles. The number of amides is 1. The van der Waals surface area contributed by atoms with Crippen molar-refractivity contribution in [3.63, 3.8) is 0 Å². The lowest BCUT2D eigenvalue weighted by molar-refractivity contribution is 0.0924. The third-order valence-electron chi connectivity index (χ3n) is 4.22. The maximum atomic E-state index is 13.5. The van der Waals surface area contributed by atoms with E-state index in [-0.39, 0.29) is 35.8 Å². The van der Waals surface area contributed by atoms with Crippen molar-refractivity contribution in [1.82, 2.24) is 15.6 Å². The summed E-state index contributed by atoms with van der Waals surface area (Å²) >= 11 is 0. The zero-order valence-electron chi connectivity index (χ0n) is 13.2. The van der Waals surface area contributed by atoms with Crippen molar-refractivity contribution < 1.29 is 13.6 Å². The van der Waals surface area contributed by atoms with Gasteiger partial charge in [-0.05, 0) is 36.7 Å². The highest BCUT2D eigenvalue weighted by molar-refractivity contribution is 5.94. The number of rotatable bonds is 3. The van der Waals surface area contributed by atoms with Gasteiger partial charge in [-0.1, -0.05) is 6.07 Å². The standard InChI is InChI=1S/C17H17F2N3O2.ClH/c18-13-3-1-10(7-14(13)19)12-5-6-20-9-15(12)22-17(24)11-2-4-16(23)21-8-11;/h1-4,7-8,12,15,20H,5-6,9H2,(H,21,23)(H,22,24);1H. The molecule has 0 aliphatic carbocycles. The van der Waals surface area contributed by atoms with Crippen LogP contribution in [0.1, 0.15) is 28.3 Å². The first-order valence-corrected chi connectivity index (χ1v) is 7.70. The molecule has 2 atom stereocenters. The van der Waals surface area contributed by atoms with Gasteiger partial charge in [0.2, 0.25) is 5.56 Å². The van der Waals surface area contributed by atoms with Gasteiger partial charge in [0, 0.05) is 30.8 Å². The molecule has 1 aliphatic rings. The molecule has 25 heavy (non-hydrogen) atoms. The van der Waals surface area contributed by atoms with Crippen molar-refractivity contribution in [2.45, 2.75) is 18.4 Å². The number of benzene rings is 1. The van der Waals surface area contributed by atoms with Crippen LogP contribution in [0.4, 0.5) is 8.78 Å². The quantitative estimate of drug-likeness (QED) is 0.774. The molecule has 5 nitrogen and oxygen atoms in total. The lowest BCUT2D eigenvalue weighted by atomic mass is 9.86. The van der Waals surface area contributed by atoms with Gasteiger partial charge < -0.3 is 15.6 Å². The Hall–Kier alpha value is -2.25. The van der Waals surface area contributed by atoms with E-state index in [0.717, 1.165) is 12.6 Å². The number of carbonyl (C=O) groups is 1. The molecule has 2 aromatic rings. The van der Waals surface area contributed by atoms with Crippen LogP contribution in [0, 0.1) is 11.6 Å². The normalized spacial score (nSPS) is 19.8. The van der Waals surface area contributed by atoms with Crippen molar-refractivity contribution in [3.8, 4) is 0 Å². The lowest BCUT2D eigenvalue weighted by Crippen LogP contribution is -2.50. The van der Waals surface area contributed by atoms with Crippen molar-refractivity contribution in [3.05, 3.63) is 69.6 Å².